The third-order valence-corrected chi connectivity index (χ3v) is 3.86. The van der Waals surface area contributed by atoms with E-state index in [1.54, 1.807) is 11.3 Å². The van der Waals surface area contributed by atoms with Crippen molar-refractivity contribution in [3.63, 3.8) is 0 Å². The van der Waals surface area contributed by atoms with Gasteiger partial charge < -0.3 is 11.1 Å². The van der Waals surface area contributed by atoms with Gasteiger partial charge in [0.1, 0.15) is 0 Å². The standard InChI is InChI=1S/C11H19BrN2S/c12-11-6-5-10(15-11)9-14-8-4-2-1-3-7-13/h5-6,14H,1-4,7-9,13H2. The van der Waals surface area contributed by atoms with Crippen LogP contribution in [0.15, 0.2) is 15.9 Å². The van der Waals surface area contributed by atoms with Crippen molar-refractivity contribution < 1.29 is 0 Å². The van der Waals surface area contributed by atoms with Crippen LogP contribution in [0.4, 0.5) is 0 Å². The molecule has 15 heavy (non-hydrogen) atoms. The Morgan fingerprint density at radius 2 is 2.00 bits per heavy atom. The van der Waals surface area contributed by atoms with Gasteiger partial charge in [0, 0.05) is 11.4 Å². The average Bonchev–Trinajstić information content (AvgIpc) is 2.63. The zero-order valence-electron chi connectivity index (χ0n) is 8.97. The predicted molar refractivity (Wildman–Crippen MR) is 71.2 cm³/mol. The second-order valence-electron chi connectivity index (χ2n) is 3.59. The fraction of sp³-hybridized carbons (Fsp3) is 0.636. The molecule has 1 heterocycles. The molecule has 4 heteroatoms. The molecule has 0 bridgehead atoms. The molecule has 1 aromatic rings. The Hall–Kier alpha value is 0.1000. The first-order chi connectivity index (χ1) is 7.33. The number of unbranched alkanes of at least 4 members (excludes halogenated alkanes) is 3. The Balaban J connectivity index is 1.93. The van der Waals surface area contributed by atoms with E-state index in [9.17, 15) is 0 Å². The molecule has 0 saturated carbocycles. The molecule has 0 aliphatic heterocycles. The molecule has 1 rings (SSSR count). The molecule has 0 atom stereocenters. The van der Waals surface area contributed by atoms with Gasteiger partial charge in [-0.1, -0.05) is 12.8 Å². The molecule has 2 nitrogen and oxygen atoms in total. The van der Waals surface area contributed by atoms with Crippen LogP contribution in [-0.4, -0.2) is 13.1 Å². The Morgan fingerprint density at radius 3 is 2.67 bits per heavy atom. The quantitative estimate of drug-likeness (QED) is 0.722. The van der Waals surface area contributed by atoms with Crippen molar-refractivity contribution in [2.45, 2.75) is 32.2 Å². The Morgan fingerprint density at radius 1 is 1.20 bits per heavy atom. The highest BCUT2D eigenvalue weighted by molar-refractivity contribution is 9.11. The fourth-order valence-corrected chi connectivity index (χ4v) is 2.86. The normalized spacial score (nSPS) is 10.8. The molecule has 86 valence electrons. The van der Waals surface area contributed by atoms with Crippen LogP contribution in [0.3, 0.4) is 0 Å². The summed E-state index contributed by atoms with van der Waals surface area (Å²) in [6.07, 6.45) is 4.98. The van der Waals surface area contributed by atoms with Gasteiger partial charge in [-0.2, -0.15) is 0 Å². The van der Waals surface area contributed by atoms with Crippen molar-refractivity contribution in [1.29, 1.82) is 0 Å². The van der Waals surface area contributed by atoms with Gasteiger partial charge in [0.2, 0.25) is 0 Å². The molecule has 0 aromatic carbocycles. The van der Waals surface area contributed by atoms with Crippen LogP contribution >= 0.6 is 27.3 Å². The van der Waals surface area contributed by atoms with E-state index in [0.29, 0.717) is 0 Å². The molecule has 0 radical (unpaired) electrons. The topological polar surface area (TPSA) is 38.0 Å². The van der Waals surface area contributed by atoms with Gasteiger partial charge in [-0.05, 0) is 54.0 Å². The Bertz CT molecular complexity index is 263. The van der Waals surface area contributed by atoms with Crippen molar-refractivity contribution in [3.05, 3.63) is 20.8 Å². The summed E-state index contributed by atoms with van der Waals surface area (Å²) in [5, 5.41) is 3.45. The summed E-state index contributed by atoms with van der Waals surface area (Å²) in [7, 11) is 0. The molecule has 1 aromatic heterocycles. The fourth-order valence-electron chi connectivity index (χ4n) is 1.41. The van der Waals surface area contributed by atoms with Gasteiger partial charge in [-0.15, -0.1) is 11.3 Å². The van der Waals surface area contributed by atoms with Gasteiger partial charge in [0.05, 0.1) is 3.79 Å². The molecule has 0 aliphatic carbocycles. The van der Waals surface area contributed by atoms with Crippen LogP contribution < -0.4 is 11.1 Å². The number of hydrogen-bond donors (Lipinski definition) is 2. The number of nitrogens with two attached hydrogens (primary N) is 1. The molecule has 0 aliphatic rings. The van der Waals surface area contributed by atoms with Crippen molar-refractivity contribution in [2.75, 3.05) is 13.1 Å². The Kier molecular flexibility index (Phi) is 7.26. The van der Waals surface area contributed by atoms with Gasteiger partial charge in [-0.25, -0.2) is 0 Å². The number of rotatable bonds is 8. The van der Waals surface area contributed by atoms with E-state index in [1.807, 2.05) is 0 Å². The van der Waals surface area contributed by atoms with Gasteiger partial charge in [-0.3, -0.25) is 0 Å². The summed E-state index contributed by atoms with van der Waals surface area (Å²) in [4.78, 5) is 1.39. The number of thiophene rings is 1. The van der Waals surface area contributed by atoms with Crippen molar-refractivity contribution in [2.24, 2.45) is 5.73 Å². The first-order valence-electron chi connectivity index (χ1n) is 5.48. The molecular weight excluding hydrogens is 272 g/mol. The maximum Gasteiger partial charge on any atom is 0.0701 e. The summed E-state index contributed by atoms with van der Waals surface area (Å²) in [6.45, 7) is 2.93. The zero-order chi connectivity index (χ0) is 10.9. The van der Waals surface area contributed by atoms with E-state index < -0.39 is 0 Å². The lowest BCUT2D eigenvalue weighted by Crippen LogP contribution is -2.13. The molecule has 0 spiro atoms. The van der Waals surface area contributed by atoms with E-state index in [2.05, 4.69) is 33.4 Å². The lowest BCUT2D eigenvalue weighted by atomic mass is 10.2. The second-order valence-corrected chi connectivity index (χ2v) is 6.13. The molecule has 0 unspecified atom stereocenters. The molecule has 0 amide bonds. The van der Waals surface area contributed by atoms with Gasteiger partial charge in [0.15, 0.2) is 0 Å². The van der Waals surface area contributed by atoms with Crippen LogP contribution in [0.2, 0.25) is 0 Å². The van der Waals surface area contributed by atoms with E-state index in [4.69, 9.17) is 5.73 Å². The van der Waals surface area contributed by atoms with Crippen LogP contribution in [0.1, 0.15) is 30.6 Å². The SMILES string of the molecule is NCCCCCCNCc1ccc(Br)s1. The number of hydrogen-bond acceptors (Lipinski definition) is 3. The summed E-state index contributed by atoms with van der Waals surface area (Å²) in [5.74, 6) is 0. The highest BCUT2D eigenvalue weighted by Crippen LogP contribution is 2.21. The summed E-state index contributed by atoms with van der Waals surface area (Å²) >= 11 is 5.26. The highest BCUT2D eigenvalue weighted by atomic mass is 79.9. The molecule has 0 saturated heterocycles. The van der Waals surface area contributed by atoms with Crippen molar-refractivity contribution >= 4 is 27.3 Å². The minimum absolute atomic E-state index is 0.830. The van der Waals surface area contributed by atoms with Crippen molar-refractivity contribution in [1.82, 2.24) is 5.32 Å². The van der Waals surface area contributed by atoms with Gasteiger partial charge in [0.25, 0.3) is 0 Å². The van der Waals surface area contributed by atoms with Crippen LogP contribution in [0.25, 0.3) is 0 Å². The summed E-state index contributed by atoms with van der Waals surface area (Å²) < 4.78 is 1.21. The number of nitrogens with one attached hydrogen (secondary N) is 1. The van der Waals surface area contributed by atoms with Crippen LogP contribution in [0, 0.1) is 0 Å². The maximum atomic E-state index is 5.43. The molecule has 3 N–H and O–H groups in total. The first kappa shape index (κ1) is 13.2. The predicted octanol–water partition coefficient (Wildman–Crippen LogP) is 3.12. The third kappa shape index (κ3) is 6.30. The third-order valence-electron chi connectivity index (χ3n) is 2.24. The zero-order valence-corrected chi connectivity index (χ0v) is 11.4. The van der Waals surface area contributed by atoms with Crippen LogP contribution in [0.5, 0.6) is 0 Å². The highest BCUT2D eigenvalue weighted by Gasteiger charge is 1.96. The lowest BCUT2D eigenvalue weighted by Gasteiger charge is -2.02. The second kappa shape index (κ2) is 8.28. The van der Waals surface area contributed by atoms with Crippen molar-refractivity contribution in [3.8, 4) is 0 Å². The van der Waals surface area contributed by atoms with E-state index in [1.165, 1.54) is 27.9 Å². The average molecular weight is 291 g/mol. The Labute approximate surface area is 104 Å². The minimum Gasteiger partial charge on any atom is -0.330 e. The van der Waals surface area contributed by atoms with E-state index >= 15 is 0 Å². The minimum atomic E-state index is 0.830. The molecule has 0 fully saturated rings. The van der Waals surface area contributed by atoms with Gasteiger partial charge >= 0.3 is 0 Å². The lowest BCUT2D eigenvalue weighted by molar-refractivity contribution is 0.592. The first-order valence-corrected chi connectivity index (χ1v) is 7.09. The summed E-state index contributed by atoms with van der Waals surface area (Å²) in [5.41, 5.74) is 5.43. The molecular formula is C11H19BrN2S. The monoisotopic (exact) mass is 290 g/mol. The largest absolute Gasteiger partial charge is 0.330 e. The summed E-state index contributed by atoms with van der Waals surface area (Å²) in [6, 6.07) is 4.26. The maximum absolute atomic E-state index is 5.43. The smallest absolute Gasteiger partial charge is 0.0701 e. The van der Waals surface area contributed by atoms with E-state index in [-0.39, 0.29) is 0 Å². The number of halogens is 1. The van der Waals surface area contributed by atoms with E-state index in [0.717, 1.165) is 26.1 Å². The van der Waals surface area contributed by atoms with Crippen LogP contribution in [-0.2, 0) is 6.54 Å².